The number of aromatic nitrogens is 2. The third kappa shape index (κ3) is 1.96. The van der Waals surface area contributed by atoms with E-state index in [1.54, 1.807) is 6.20 Å². The molecule has 1 heterocycles. The van der Waals surface area contributed by atoms with Crippen molar-refractivity contribution in [3.8, 4) is 0 Å². The first-order valence-electron chi connectivity index (χ1n) is 6.03. The zero-order valence-corrected chi connectivity index (χ0v) is 11.4. The summed E-state index contributed by atoms with van der Waals surface area (Å²) in [6, 6.07) is 0.306. The molecular weight excluding hydrogens is 236 g/mol. The van der Waals surface area contributed by atoms with Crippen molar-refractivity contribution in [2.75, 3.05) is 6.61 Å². The van der Waals surface area contributed by atoms with Crippen LogP contribution >= 0.6 is 12.2 Å². The predicted molar refractivity (Wildman–Crippen MR) is 68.4 cm³/mol. The molecule has 1 aromatic rings. The maximum Gasteiger partial charge on any atom is 0.177 e. The lowest BCUT2D eigenvalue weighted by Crippen LogP contribution is -2.51. The van der Waals surface area contributed by atoms with E-state index in [-0.39, 0.29) is 18.1 Å². The van der Waals surface area contributed by atoms with E-state index in [1.165, 1.54) is 0 Å². The first kappa shape index (κ1) is 12.8. The molecule has 0 aliphatic heterocycles. The molecule has 96 valence electrons. The number of rotatable bonds is 4. The molecule has 0 saturated heterocycles. The molecule has 0 amide bonds. The van der Waals surface area contributed by atoms with Crippen molar-refractivity contribution in [1.82, 2.24) is 9.55 Å². The molecule has 1 fully saturated rings. The molecule has 5 heteroatoms. The molecular formula is C12H20N2O2S. The summed E-state index contributed by atoms with van der Waals surface area (Å²) in [5.74, 6) is 0. The Morgan fingerprint density at radius 3 is 2.88 bits per heavy atom. The van der Waals surface area contributed by atoms with Crippen molar-refractivity contribution in [3.05, 3.63) is 16.7 Å². The largest absolute Gasteiger partial charge is 0.390 e. The fourth-order valence-electron chi connectivity index (χ4n) is 2.66. The second-order valence-electron chi connectivity index (χ2n) is 5.13. The van der Waals surface area contributed by atoms with E-state index < -0.39 is 0 Å². The Hall–Kier alpha value is -0.650. The van der Waals surface area contributed by atoms with Gasteiger partial charge in [0.25, 0.3) is 0 Å². The summed E-state index contributed by atoms with van der Waals surface area (Å²) >= 11 is 5.28. The average Bonchev–Trinajstić information content (AvgIpc) is 2.65. The number of nitrogens with one attached hydrogen (secondary N) is 1. The van der Waals surface area contributed by atoms with Crippen LogP contribution in [-0.4, -0.2) is 27.4 Å². The van der Waals surface area contributed by atoms with Crippen LogP contribution in [0.25, 0.3) is 0 Å². The van der Waals surface area contributed by atoms with E-state index in [0.717, 1.165) is 18.7 Å². The molecule has 1 aliphatic carbocycles. The van der Waals surface area contributed by atoms with Gasteiger partial charge in [0.05, 0.1) is 18.4 Å². The van der Waals surface area contributed by atoms with Gasteiger partial charge in [0.1, 0.15) is 0 Å². The Labute approximate surface area is 107 Å². The molecule has 2 rings (SSSR count). The number of ether oxygens (including phenoxy) is 1. The highest BCUT2D eigenvalue weighted by Gasteiger charge is 2.50. The minimum Gasteiger partial charge on any atom is -0.390 e. The number of aromatic amines is 1. The van der Waals surface area contributed by atoms with Crippen molar-refractivity contribution in [1.29, 1.82) is 0 Å². The van der Waals surface area contributed by atoms with Gasteiger partial charge in [0, 0.05) is 24.3 Å². The highest BCUT2D eigenvalue weighted by atomic mass is 32.1. The van der Waals surface area contributed by atoms with Gasteiger partial charge in [-0.3, -0.25) is 0 Å². The summed E-state index contributed by atoms with van der Waals surface area (Å²) in [7, 11) is 0. The number of aliphatic hydroxyl groups excluding tert-OH is 1. The zero-order valence-electron chi connectivity index (χ0n) is 10.6. The third-order valence-corrected chi connectivity index (χ3v) is 4.17. The normalized spacial score (nSPS) is 26.8. The van der Waals surface area contributed by atoms with Gasteiger partial charge >= 0.3 is 0 Å². The molecule has 0 radical (unpaired) electrons. The Balaban J connectivity index is 2.26. The van der Waals surface area contributed by atoms with Gasteiger partial charge in [0.15, 0.2) is 4.77 Å². The molecule has 0 spiro atoms. The number of nitrogens with zero attached hydrogens (tertiary/aromatic N) is 1. The Kier molecular flexibility index (Phi) is 3.43. The topological polar surface area (TPSA) is 50.2 Å². The van der Waals surface area contributed by atoms with Crippen LogP contribution in [0.15, 0.2) is 6.20 Å². The summed E-state index contributed by atoms with van der Waals surface area (Å²) in [5.41, 5.74) is 0.906. The van der Waals surface area contributed by atoms with E-state index in [4.69, 9.17) is 17.0 Å². The zero-order chi connectivity index (χ0) is 12.6. The van der Waals surface area contributed by atoms with Gasteiger partial charge in [-0.05, 0) is 25.6 Å². The van der Waals surface area contributed by atoms with E-state index in [9.17, 15) is 5.11 Å². The average molecular weight is 256 g/mol. The van der Waals surface area contributed by atoms with Gasteiger partial charge in [-0.25, -0.2) is 0 Å². The number of imidazole rings is 1. The van der Waals surface area contributed by atoms with Crippen LogP contribution in [0.5, 0.6) is 0 Å². The number of hydrogen-bond donors (Lipinski definition) is 2. The van der Waals surface area contributed by atoms with Crippen LogP contribution in [-0.2, 0) is 11.3 Å². The lowest BCUT2D eigenvalue weighted by atomic mass is 9.64. The SMILES string of the molecule is CCOC1CC(n2c(CO)c[nH]c2=S)C1(C)C. The van der Waals surface area contributed by atoms with Gasteiger partial charge in [-0.15, -0.1) is 0 Å². The summed E-state index contributed by atoms with van der Waals surface area (Å²) in [6.07, 6.45) is 3.02. The van der Waals surface area contributed by atoms with Crippen molar-refractivity contribution in [3.63, 3.8) is 0 Å². The second kappa shape index (κ2) is 4.55. The molecule has 0 bridgehead atoms. The van der Waals surface area contributed by atoms with Crippen molar-refractivity contribution >= 4 is 12.2 Å². The summed E-state index contributed by atoms with van der Waals surface area (Å²) in [5, 5.41) is 9.32. The predicted octanol–water partition coefficient (Wildman–Crippen LogP) is 2.41. The Bertz CT molecular complexity index is 450. The maximum atomic E-state index is 9.32. The number of hydrogen-bond acceptors (Lipinski definition) is 3. The molecule has 17 heavy (non-hydrogen) atoms. The van der Waals surface area contributed by atoms with Crippen LogP contribution in [0.4, 0.5) is 0 Å². The summed E-state index contributed by atoms with van der Waals surface area (Å²) in [6.45, 7) is 7.16. The minimum atomic E-state index is 0.0129. The van der Waals surface area contributed by atoms with Crippen LogP contribution in [0.1, 0.15) is 38.9 Å². The highest BCUT2D eigenvalue weighted by Crippen LogP contribution is 2.51. The van der Waals surface area contributed by atoms with Crippen molar-refractivity contribution in [2.45, 2.75) is 45.9 Å². The van der Waals surface area contributed by atoms with Crippen LogP contribution in [0.2, 0.25) is 0 Å². The Morgan fingerprint density at radius 2 is 2.35 bits per heavy atom. The first-order chi connectivity index (χ1) is 8.02. The van der Waals surface area contributed by atoms with Crippen LogP contribution in [0, 0.1) is 10.2 Å². The van der Waals surface area contributed by atoms with Gasteiger partial charge in [-0.1, -0.05) is 13.8 Å². The highest BCUT2D eigenvalue weighted by molar-refractivity contribution is 7.71. The summed E-state index contributed by atoms with van der Waals surface area (Å²) in [4.78, 5) is 3.00. The van der Waals surface area contributed by atoms with Crippen molar-refractivity contribution < 1.29 is 9.84 Å². The smallest absolute Gasteiger partial charge is 0.177 e. The molecule has 4 nitrogen and oxygen atoms in total. The molecule has 2 atom stereocenters. The van der Waals surface area contributed by atoms with Crippen molar-refractivity contribution in [2.24, 2.45) is 5.41 Å². The first-order valence-corrected chi connectivity index (χ1v) is 6.44. The molecule has 2 unspecified atom stereocenters. The van der Waals surface area contributed by atoms with Gasteiger partial charge < -0.3 is 19.4 Å². The molecule has 1 aliphatic rings. The fraction of sp³-hybridized carbons (Fsp3) is 0.750. The van der Waals surface area contributed by atoms with Crippen LogP contribution < -0.4 is 0 Å². The fourth-order valence-corrected chi connectivity index (χ4v) is 2.97. The number of H-pyrrole nitrogens is 1. The minimum absolute atomic E-state index is 0.0129. The maximum absolute atomic E-state index is 9.32. The van der Waals surface area contributed by atoms with E-state index >= 15 is 0 Å². The lowest BCUT2D eigenvalue weighted by molar-refractivity contribution is -0.129. The monoisotopic (exact) mass is 256 g/mol. The number of aliphatic hydroxyl groups is 1. The molecule has 0 aromatic carbocycles. The second-order valence-corrected chi connectivity index (χ2v) is 5.52. The standard InChI is InChI=1S/C12H20N2O2S/c1-4-16-10-5-9(12(10,2)3)14-8(7-15)6-13-11(14)17/h6,9-10,15H,4-5,7H2,1-3H3,(H,13,17). The van der Waals surface area contributed by atoms with E-state index in [1.807, 2.05) is 11.5 Å². The van der Waals surface area contributed by atoms with E-state index in [2.05, 4.69) is 18.8 Å². The summed E-state index contributed by atoms with van der Waals surface area (Å²) < 4.78 is 8.43. The molecule has 1 saturated carbocycles. The lowest BCUT2D eigenvalue weighted by Gasteiger charge is -2.52. The molecule has 2 N–H and O–H groups in total. The quantitative estimate of drug-likeness (QED) is 0.813. The molecule has 1 aromatic heterocycles. The van der Waals surface area contributed by atoms with Gasteiger partial charge in [0.2, 0.25) is 0 Å². The van der Waals surface area contributed by atoms with Gasteiger partial charge in [-0.2, -0.15) is 0 Å². The third-order valence-electron chi connectivity index (χ3n) is 3.86. The van der Waals surface area contributed by atoms with E-state index in [0.29, 0.717) is 10.8 Å². The van der Waals surface area contributed by atoms with Crippen LogP contribution in [0.3, 0.4) is 0 Å². The Morgan fingerprint density at radius 1 is 1.65 bits per heavy atom.